The van der Waals surface area contributed by atoms with Crippen LogP contribution < -0.4 is 15.8 Å². The van der Waals surface area contributed by atoms with Crippen LogP contribution in [-0.2, 0) is 19.1 Å². The summed E-state index contributed by atoms with van der Waals surface area (Å²) >= 11 is 6.50. The number of pyridine rings is 1. The number of piperazine rings is 1. The van der Waals surface area contributed by atoms with Crippen LogP contribution in [0, 0.1) is 6.92 Å². The van der Waals surface area contributed by atoms with Gasteiger partial charge in [0.1, 0.15) is 21.8 Å². The van der Waals surface area contributed by atoms with Gasteiger partial charge in [-0.05, 0) is 31.1 Å². The van der Waals surface area contributed by atoms with E-state index in [1.165, 1.54) is 22.5 Å². The highest BCUT2D eigenvalue weighted by molar-refractivity contribution is 8.26. The third-order valence-corrected chi connectivity index (χ3v) is 7.23. The number of thiocarbonyl (C=S) groups is 1. The molecule has 1 atom stereocenters. The monoisotopic (exact) mass is 515 g/mol. The largest absolute Gasteiger partial charge is 0.469 e. The molecule has 2 fully saturated rings. The molecule has 2 aromatic heterocycles. The maximum absolute atomic E-state index is 13.7. The number of aromatic nitrogens is 2. The van der Waals surface area contributed by atoms with Gasteiger partial charge in [0, 0.05) is 25.8 Å². The maximum atomic E-state index is 13.7. The molecule has 2 amide bonds. The molecule has 2 saturated heterocycles. The van der Waals surface area contributed by atoms with Gasteiger partial charge in [0.05, 0.1) is 24.0 Å². The standard InChI is InChI=1S/C23H25N5O5S2/c1-4-8-28-22(32)16(35-23(28)34)11-14-19(25-18-13(2)6-5-9-27(18)21(14)31)26-10-7-24-20(30)15(26)12-17(29)33-3/h5-6,9,11,15H,4,7-8,10,12H2,1-3H3,(H,24,30). The van der Waals surface area contributed by atoms with Crippen LogP contribution in [0.1, 0.15) is 30.9 Å². The average Bonchev–Trinajstić information content (AvgIpc) is 3.10. The number of nitrogens with zero attached hydrogens (tertiary/aromatic N) is 4. The van der Waals surface area contributed by atoms with Crippen LogP contribution in [0.3, 0.4) is 0 Å². The van der Waals surface area contributed by atoms with E-state index in [4.69, 9.17) is 21.9 Å². The van der Waals surface area contributed by atoms with Gasteiger partial charge < -0.3 is 15.0 Å². The van der Waals surface area contributed by atoms with Crippen LogP contribution >= 0.6 is 24.0 Å². The second-order valence-corrected chi connectivity index (χ2v) is 9.83. The van der Waals surface area contributed by atoms with Gasteiger partial charge in [0.25, 0.3) is 11.5 Å². The van der Waals surface area contributed by atoms with Crippen LogP contribution in [0.4, 0.5) is 5.82 Å². The topological polar surface area (TPSA) is 113 Å². The van der Waals surface area contributed by atoms with E-state index < -0.39 is 17.6 Å². The molecule has 1 unspecified atom stereocenters. The Balaban J connectivity index is 1.92. The van der Waals surface area contributed by atoms with E-state index in [1.54, 1.807) is 17.2 Å². The van der Waals surface area contributed by atoms with E-state index in [9.17, 15) is 19.2 Å². The van der Waals surface area contributed by atoms with Crippen LogP contribution in [-0.4, -0.2) is 69.2 Å². The molecule has 0 aliphatic carbocycles. The van der Waals surface area contributed by atoms with Crippen molar-refractivity contribution < 1.29 is 19.1 Å². The summed E-state index contributed by atoms with van der Waals surface area (Å²) in [6.07, 6.45) is 3.63. The Hall–Kier alpha value is -3.25. The number of anilines is 1. The molecule has 0 radical (unpaired) electrons. The van der Waals surface area contributed by atoms with Crippen molar-refractivity contribution in [2.75, 3.05) is 31.6 Å². The smallest absolute Gasteiger partial charge is 0.308 e. The Morgan fingerprint density at radius 2 is 2.14 bits per heavy atom. The summed E-state index contributed by atoms with van der Waals surface area (Å²) in [5.41, 5.74) is 0.940. The van der Waals surface area contributed by atoms with E-state index in [-0.39, 0.29) is 29.6 Å². The molecule has 10 nitrogen and oxygen atoms in total. The number of hydrogen-bond donors (Lipinski definition) is 1. The number of amides is 2. The number of ether oxygens (including phenoxy) is 1. The lowest BCUT2D eigenvalue weighted by molar-refractivity contribution is -0.143. The first-order valence-corrected chi connectivity index (χ1v) is 12.4. The first-order valence-electron chi connectivity index (χ1n) is 11.1. The highest BCUT2D eigenvalue weighted by atomic mass is 32.2. The number of aryl methyl sites for hydroxylation is 1. The first-order chi connectivity index (χ1) is 16.8. The van der Waals surface area contributed by atoms with Crippen molar-refractivity contribution in [1.82, 2.24) is 19.6 Å². The van der Waals surface area contributed by atoms with Gasteiger partial charge in [-0.25, -0.2) is 4.98 Å². The molecular weight excluding hydrogens is 490 g/mol. The molecule has 2 aliphatic heterocycles. The average molecular weight is 516 g/mol. The molecule has 0 aromatic carbocycles. The summed E-state index contributed by atoms with van der Waals surface area (Å²) < 4.78 is 6.63. The molecule has 2 aromatic rings. The highest BCUT2D eigenvalue weighted by Gasteiger charge is 2.36. The van der Waals surface area contributed by atoms with Crippen molar-refractivity contribution in [2.45, 2.75) is 32.7 Å². The fourth-order valence-corrected chi connectivity index (χ4v) is 5.40. The van der Waals surface area contributed by atoms with Crippen LogP contribution in [0.15, 0.2) is 28.0 Å². The summed E-state index contributed by atoms with van der Waals surface area (Å²) in [7, 11) is 1.25. The van der Waals surface area contributed by atoms with Gasteiger partial charge in [0.2, 0.25) is 5.91 Å². The number of esters is 1. The molecule has 184 valence electrons. The summed E-state index contributed by atoms with van der Waals surface area (Å²) in [5.74, 6) is -0.973. The quantitative estimate of drug-likeness (QED) is 0.347. The van der Waals surface area contributed by atoms with Crippen molar-refractivity contribution >= 4 is 63.6 Å². The second-order valence-electron chi connectivity index (χ2n) is 8.15. The molecule has 4 heterocycles. The summed E-state index contributed by atoms with van der Waals surface area (Å²) in [5, 5.41) is 2.75. The molecule has 0 bridgehead atoms. The van der Waals surface area contributed by atoms with Gasteiger partial charge in [-0.15, -0.1) is 0 Å². The van der Waals surface area contributed by atoms with Gasteiger partial charge in [-0.3, -0.25) is 28.5 Å². The van der Waals surface area contributed by atoms with Crippen LogP contribution in [0.5, 0.6) is 0 Å². The minimum atomic E-state index is -0.920. The minimum absolute atomic E-state index is 0.148. The number of hydrogen-bond acceptors (Lipinski definition) is 9. The Labute approximate surface area is 211 Å². The summed E-state index contributed by atoms with van der Waals surface area (Å²) in [4.78, 5) is 59.7. The molecule has 1 N–H and O–H groups in total. The zero-order valence-corrected chi connectivity index (χ0v) is 21.2. The fraction of sp³-hybridized carbons (Fsp3) is 0.391. The fourth-order valence-electron chi connectivity index (χ4n) is 4.11. The van der Waals surface area contributed by atoms with Crippen molar-refractivity contribution in [1.29, 1.82) is 0 Å². The molecule has 0 saturated carbocycles. The number of thioether (sulfide) groups is 1. The zero-order chi connectivity index (χ0) is 25.3. The Morgan fingerprint density at radius 1 is 1.37 bits per heavy atom. The Morgan fingerprint density at radius 3 is 2.86 bits per heavy atom. The second kappa shape index (κ2) is 10.2. The van der Waals surface area contributed by atoms with Gasteiger partial charge in [-0.1, -0.05) is 37.0 Å². The number of nitrogens with one attached hydrogen (secondary N) is 1. The van der Waals surface area contributed by atoms with E-state index >= 15 is 0 Å². The van der Waals surface area contributed by atoms with Crippen molar-refractivity contribution in [3.05, 3.63) is 44.7 Å². The SMILES string of the molecule is CCCN1C(=O)C(=Cc2c(N3CCNC(=O)C3CC(=O)OC)nc3c(C)cccn3c2=O)SC1=S. The Kier molecular flexibility index (Phi) is 7.22. The summed E-state index contributed by atoms with van der Waals surface area (Å²) in [6.45, 7) is 4.89. The maximum Gasteiger partial charge on any atom is 0.308 e. The third-order valence-electron chi connectivity index (χ3n) is 5.85. The van der Waals surface area contributed by atoms with Gasteiger partial charge >= 0.3 is 5.97 Å². The van der Waals surface area contributed by atoms with E-state index in [0.29, 0.717) is 34.5 Å². The Bertz CT molecular complexity index is 1320. The van der Waals surface area contributed by atoms with Crippen molar-refractivity contribution in [2.24, 2.45) is 0 Å². The van der Waals surface area contributed by atoms with Crippen LogP contribution in [0.2, 0.25) is 0 Å². The summed E-state index contributed by atoms with van der Waals surface area (Å²) in [6, 6.07) is 2.65. The number of carbonyl (C=O) groups excluding carboxylic acids is 3. The number of rotatable bonds is 6. The molecule has 2 aliphatic rings. The zero-order valence-electron chi connectivity index (χ0n) is 19.6. The normalized spacial score (nSPS) is 19.6. The lowest BCUT2D eigenvalue weighted by Crippen LogP contribution is -2.57. The molecular formula is C23H25N5O5S2. The third kappa shape index (κ3) is 4.67. The first kappa shape index (κ1) is 24.9. The van der Waals surface area contributed by atoms with E-state index in [1.807, 2.05) is 19.9 Å². The van der Waals surface area contributed by atoms with E-state index in [2.05, 4.69) is 5.32 Å². The molecule has 35 heavy (non-hydrogen) atoms. The van der Waals surface area contributed by atoms with Crippen LogP contribution in [0.25, 0.3) is 11.7 Å². The number of methoxy groups -OCH3 is 1. The highest BCUT2D eigenvalue weighted by Crippen LogP contribution is 2.34. The van der Waals surface area contributed by atoms with Crippen molar-refractivity contribution in [3.8, 4) is 0 Å². The molecule has 0 spiro atoms. The van der Waals surface area contributed by atoms with Gasteiger partial charge in [-0.2, -0.15) is 0 Å². The number of carbonyl (C=O) groups is 3. The predicted molar refractivity (Wildman–Crippen MR) is 137 cm³/mol. The molecule has 12 heteroatoms. The minimum Gasteiger partial charge on any atom is -0.469 e. The lowest BCUT2D eigenvalue weighted by atomic mass is 10.1. The number of fused-ring (bicyclic) bond motifs is 1. The predicted octanol–water partition coefficient (Wildman–Crippen LogP) is 1.48. The van der Waals surface area contributed by atoms with E-state index in [0.717, 1.165) is 23.7 Å². The lowest BCUT2D eigenvalue weighted by Gasteiger charge is -2.36. The molecule has 4 rings (SSSR count). The van der Waals surface area contributed by atoms with Crippen molar-refractivity contribution in [3.63, 3.8) is 0 Å². The van der Waals surface area contributed by atoms with Gasteiger partial charge in [0.15, 0.2) is 0 Å².